The van der Waals surface area contributed by atoms with Gasteiger partial charge in [0.15, 0.2) is 0 Å². The largest absolute Gasteiger partial charge is 0.480 e. The number of para-hydroxylation sites is 1. The molecular formula is C16H24N2O3. The van der Waals surface area contributed by atoms with E-state index >= 15 is 0 Å². The van der Waals surface area contributed by atoms with Crippen molar-refractivity contribution in [1.82, 2.24) is 5.32 Å². The van der Waals surface area contributed by atoms with Gasteiger partial charge in [0.1, 0.15) is 6.04 Å². The van der Waals surface area contributed by atoms with Crippen LogP contribution in [-0.2, 0) is 9.59 Å². The monoisotopic (exact) mass is 292 g/mol. The number of carboxylic acid groups (broad SMARTS) is 1. The minimum Gasteiger partial charge on any atom is -0.480 e. The lowest BCUT2D eigenvalue weighted by Gasteiger charge is -2.24. The van der Waals surface area contributed by atoms with Gasteiger partial charge >= 0.3 is 5.97 Å². The molecule has 1 aromatic carbocycles. The van der Waals surface area contributed by atoms with Gasteiger partial charge in [-0.3, -0.25) is 14.9 Å². The number of benzene rings is 1. The Hall–Kier alpha value is -1.88. The molecule has 0 aliphatic heterocycles. The summed E-state index contributed by atoms with van der Waals surface area (Å²) >= 11 is 0. The maximum absolute atomic E-state index is 12.3. The zero-order valence-corrected chi connectivity index (χ0v) is 12.9. The zero-order chi connectivity index (χ0) is 15.8. The lowest BCUT2D eigenvalue weighted by Crippen LogP contribution is -2.44. The van der Waals surface area contributed by atoms with Crippen molar-refractivity contribution in [2.45, 2.75) is 39.7 Å². The van der Waals surface area contributed by atoms with Crippen molar-refractivity contribution in [2.24, 2.45) is 0 Å². The maximum Gasteiger partial charge on any atom is 0.320 e. The molecular weight excluding hydrogens is 268 g/mol. The fraction of sp³-hybridized carbons (Fsp3) is 0.500. The van der Waals surface area contributed by atoms with Gasteiger partial charge in [-0.2, -0.15) is 0 Å². The van der Waals surface area contributed by atoms with Crippen molar-refractivity contribution >= 4 is 17.6 Å². The molecule has 0 heterocycles. The number of nitrogens with one attached hydrogen (secondary N) is 1. The average molecular weight is 292 g/mol. The van der Waals surface area contributed by atoms with Gasteiger partial charge in [-0.15, -0.1) is 0 Å². The van der Waals surface area contributed by atoms with Gasteiger partial charge in [-0.05, 0) is 31.9 Å². The van der Waals surface area contributed by atoms with Crippen LogP contribution in [0.5, 0.6) is 0 Å². The van der Waals surface area contributed by atoms with E-state index < -0.39 is 12.0 Å². The summed E-state index contributed by atoms with van der Waals surface area (Å²) in [4.78, 5) is 25.1. The van der Waals surface area contributed by atoms with Crippen LogP contribution < -0.4 is 10.2 Å². The van der Waals surface area contributed by atoms with Gasteiger partial charge < -0.3 is 10.0 Å². The molecule has 1 rings (SSSR count). The third kappa shape index (κ3) is 4.86. The highest BCUT2D eigenvalue weighted by molar-refractivity contribution is 5.95. The first-order valence-electron chi connectivity index (χ1n) is 7.33. The first kappa shape index (κ1) is 17.2. The summed E-state index contributed by atoms with van der Waals surface area (Å²) in [5.74, 6) is -1.03. The number of rotatable bonds is 8. The summed E-state index contributed by atoms with van der Waals surface area (Å²) in [5, 5.41) is 11.9. The number of aryl methyl sites for hydroxylation is 1. The van der Waals surface area contributed by atoms with Crippen molar-refractivity contribution in [1.29, 1.82) is 0 Å². The van der Waals surface area contributed by atoms with Crippen molar-refractivity contribution in [3.63, 3.8) is 0 Å². The minimum atomic E-state index is -0.913. The van der Waals surface area contributed by atoms with Crippen LogP contribution in [0.4, 0.5) is 5.69 Å². The Labute approximate surface area is 126 Å². The number of carbonyl (C=O) groups excluding carboxylic acids is 1. The van der Waals surface area contributed by atoms with Crippen LogP contribution in [0.25, 0.3) is 0 Å². The van der Waals surface area contributed by atoms with E-state index in [1.807, 2.05) is 45.0 Å². The molecule has 116 valence electrons. The van der Waals surface area contributed by atoms with E-state index in [-0.39, 0.29) is 12.5 Å². The molecule has 1 amide bonds. The smallest absolute Gasteiger partial charge is 0.320 e. The quantitative estimate of drug-likeness (QED) is 0.770. The molecule has 0 saturated carbocycles. The van der Waals surface area contributed by atoms with Crippen molar-refractivity contribution in [3.8, 4) is 0 Å². The Kier molecular flexibility index (Phi) is 6.88. The predicted octanol–water partition coefficient (Wildman–Crippen LogP) is 2.19. The SMILES string of the molecule is CCCC(NCC(=O)N(CC)c1ccccc1C)C(=O)O. The molecule has 2 N–H and O–H groups in total. The van der Waals surface area contributed by atoms with Crippen LogP contribution in [0.1, 0.15) is 32.3 Å². The Morgan fingerprint density at radius 1 is 1.29 bits per heavy atom. The topological polar surface area (TPSA) is 69.6 Å². The fourth-order valence-corrected chi connectivity index (χ4v) is 2.25. The molecule has 1 aromatic rings. The van der Waals surface area contributed by atoms with Gasteiger partial charge in [0.2, 0.25) is 5.91 Å². The third-order valence-corrected chi connectivity index (χ3v) is 3.40. The average Bonchev–Trinajstić information content (AvgIpc) is 2.45. The van der Waals surface area contributed by atoms with Crippen molar-refractivity contribution in [2.75, 3.05) is 18.0 Å². The number of hydrogen-bond acceptors (Lipinski definition) is 3. The molecule has 0 aromatic heterocycles. The van der Waals surface area contributed by atoms with Gasteiger partial charge in [0.05, 0.1) is 6.54 Å². The summed E-state index contributed by atoms with van der Waals surface area (Å²) in [7, 11) is 0. The third-order valence-electron chi connectivity index (χ3n) is 3.40. The standard InChI is InChI=1S/C16H24N2O3/c1-4-8-13(16(20)21)17-11-15(19)18(5-2)14-10-7-6-9-12(14)3/h6-7,9-10,13,17H,4-5,8,11H2,1-3H3,(H,20,21). The number of anilines is 1. The molecule has 0 aliphatic carbocycles. The summed E-state index contributed by atoms with van der Waals surface area (Å²) in [5.41, 5.74) is 1.89. The summed E-state index contributed by atoms with van der Waals surface area (Å²) in [6, 6.07) is 7.00. The van der Waals surface area contributed by atoms with Crippen LogP contribution in [0.15, 0.2) is 24.3 Å². The van der Waals surface area contributed by atoms with E-state index in [4.69, 9.17) is 5.11 Å². The number of carboxylic acids is 1. The number of amides is 1. The summed E-state index contributed by atoms with van der Waals surface area (Å²) < 4.78 is 0. The van der Waals surface area contributed by atoms with Gasteiger partial charge in [0, 0.05) is 12.2 Å². The first-order chi connectivity index (χ1) is 10.0. The molecule has 0 aliphatic rings. The Morgan fingerprint density at radius 2 is 1.95 bits per heavy atom. The lowest BCUT2D eigenvalue weighted by molar-refractivity contribution is -0.139. The summed E-state index contributed by atoms with van der Waals surface area (Å²) in [6.07, 6.45) is 1.27. The molecule has 21 heavy (non-hydrogen) atoms. The van der Waals surface area contributed by atoms with Gasteiger partial charge in [-0.25, -0.2) is 0 Å². The Balaban J connectivity index is 2.72. The second-order valence-corrected chi connectivity index (χ2v) is 4.98. The van der Waals surface area contributed by atoms with Crippen molar-refractivity contribution in [3.05, 3.63) is 29.8 Å². The van der Waals surface area contributed by atoms with Gasteiger partial charge in [-0.1, -0.05) is 31.5 Å². The molecule has 0 saturated heterocycles. The molecule has 5 heteroatoms. The van der Waals surface area contributed by atoms with Crippen LogP contribution in [0.2, 0.25) is 0 Å². The minimum absolute atomic E-state index is 0.0269. The fourth-order valence-electron chi connectivity index (χ4n) is 2.25. The maximum atomic E-state index is 12.3. The number of likely N-dealkylation sites (N-methyl/N-ethyl adjacent to an activating group) is 1. The molecule has 0 fully saturated rings. The predicted molar refractivity (Wildman–Crippen MR) is 83.5 cm³/mol. The Morgan fingerprint density at radius 3 is 2.48 bits per heavy atom. The number of hydrogen-bond donors (Lipinski definition) is 2. The highest BCUT2D eigenvalue weighted by Gasteiger charge is 2.20. The highest BCUT2D eigenvalue weighted by Crippen LogP contribution is 2.19. The van der Waals surface area contributed by atoms with E-state index in [1.165, 1.54) is 0 Å². The molecule has 0 radical (unpaired) electrons. The molecule has 5 nitrogen and oxygen atoms in total. The second kappa shape index (κ2) is 8.42. The van der Waals surface area contributed by atoms with E-state index in [0.29, 0.717) is 13.0 Å². The molecule has 1 atom stereocenters. The van der Waals surface area contributed by atoms with E-state index in [2.05, 4.69) is 5.32 Å². The van der Waals surface area contributed by atoms with Crippen LogP contribution in [0.3, 0.4) is 0 Å². The zero-order valence-electron chi connectivity index (χ0n) is 12.9. The Bertz CT molecular complexity index is 488. The van der Waals surface area contributed by atoms with E-state index in [1.54, 1.807) is 4.90 Å². The lowest BCUT2D eigenvalue weighted by atomic mass is 10.1. The van der Waals surface area contributed by atoms with Gasteiger partial charge in [0.25, 0.3) is 0 Å². The molecule has 0 bridgehead atoms. The summed E-state index contributed by atoms with van der Waals surface area (Å²) in [6.45, 7) is 6.36. The van der Waals surface area contributed by atoms with E-state index in [9.17, 15) is 9.59 Å². The number of aliphatic carboxylic acids is 1. The highest BCUT2D eigenvalue weighted by atomic mass is 16.4. The van der Waals surface area contributed by atoms with Crippen LogP contribution in [-0.4, -0.2) is 36.1 Å². The normalized spacial score (nSPS) is 12.0. The number of nitrogens with zero attached hydrogens (tertiary/aromatic N) is 1. The first-order valence-corrected chi connectivity index (χ1v) is 7.33. The second-order valence-electron chi connectivity index (χ2n) is 4.98. The van der Waals surface area contributed by atoms with Crippen LogP contribution >= 0.6 is 0 Å². The molecule has 0 spiro atoms. The van der Waals surface area contributed by atoms with Crippen molar-refractivity contribution < 1.29 is 14.7 Å². The molecule has 1 unspecified atom stereocenters. The van der Waals surface area contributed by atoms with E-state index in [0.717, 1.165) is 17.7 Å². The van der Waals surface area contributed by atoms with Crippen LogP contribution in [0, 0.1) is 6.92 Å². The number of carbonyl (C=O) groups is 2.